The normalized spacial score (nSPS) is 16.4. The number of rotatable bonds is 5. The molecule has 2 N–H and O–H groups in total. The molecule has 0 unspecified atom stereocenters. The number of nitrogens with zero attached hydrogens (tertiary/aromatic N) is 1. The zero-order valence-corrected chi connectivity index (χ0v) is 13.4. The lowest BCUT2D eigenvalue weighted by Gasteiger charge is -2.19. The van der Waals surface area contributed by atoms with Gasteiger partial charge in [-0.3, -0.25) is 4.99 Å². The zero-order chi connectivity index (χ0) is 15.4. The summed E-state index contributed by atoms with van der Waals surface area (Å²) in [7, 11) is 1.77. The average Bonchev–Trinajstić information content (AvgIpc) is 3.14. The highest BCUT2D eigenvalue weighted by molar-refractivity contribution is 6.30. The number of nitrogens with one attached hydrogen (secondary N) is 2. The SMILES string of the molecule is CN=C(NCc1ccco1)NCC1(c2cccc(Cl)c2)CC1. The van der Waals surface area contributed by atoms with Crippen LogP contribution in [0.15, 0.2) is 52.1 Å². The lowest BCUT2D eigenvalue weighted by Crippen LogP contribution is -2.40. The Bertz CT molecular complexity index is 648. The molecule has 0 aliphatic heterocycles. The van der Waals surface area contributed by atoms with Gasteiger partial charge in [-0.25, -0.2) is 0 Å². The Morgan fingerprint density at radius 1 is 1.27 bits per heavy atom. The van der Waals surface area contributed by atoms with Crippen LogP contribution in [0.2, 0.25) is 5.02 Å². The van der Waals surface area contributed by atoms with Crippen molar-refractivity contribution in [3.63, 3.8) is 0 Å². The Hall–Kier alpha value is -1.94. The molecule has 1 aliphatic carbocycles. The van der Waals surface area contributed by atoms with E-state index in [1.165, 1.54) is 18.4 Å². The van der Waals surface area contributed by atoms with E-state index in [1.807, 2.05) is 24.3 Å². The topological polar surface area (TPSA) is 49.6 Å². The highest BCUT2D eigenvalue weighted by Gasteiger charge is 2.44. The first kappa shape index (κ1) is 15.0. The molecule has 0 bridgehead atoms. The first-order valence-corrected chi connectivity index (χ1v) is 7.83. The van der Waals surface area contributed by atoms with Gasteiger partial charge < -0.3 is 15.1 Å². The summed E-state index contributed by atoms with van der Waals surface area (Å²) in [5, 5.41) is 7.46. The summed E-state index contributed by atoms with van der Waals surface area (Å²) < 4.78 is 5.31. The van der Waals surface area contributed by atoms with Crippen LogP contribution in [-0.4, -0.2) is 19.6 Å². The van der Waals surface area contributed by atoms with E-state index in [-0.39, 0.29) is 5.41 Å². The quantitative estimate of drug-likeness (QED) is 0.657. The largest absolute Gasteiger partial charge is 0.467 e. The molecule has 1 saturated carbocycles. The Labute approximate surface area is 135 Å². The van der Waals surface area contributed by atoms with E-state index < -0.39 is 0 Å². The molecule has 3 rings (SSSR count). The van der Waals surface area contributed by atoms with E-state index in [9.17, 15) is 0 Å². The van der Waals surface area contributed by atoms with Crippen LogP contribution in [-0.2, 0) is 12.0 Å². The summed E-state index contributed by atoms with van der Waals surface area (Å²) in [5.41, 5.74) is 1.49. The zero-order valence-electron chi connectivity index (χ0n) is 12.6. The van der Waals surface area contributed by atoms with Crippen LogP contribution in [0.3, 0.4) is 0 Å². The number of halogens is 1. The molecule has 22 heavy (non-hydrogen) atoms. The average molecular weight is 318 g/mol. The standard InChI is InChI=1S/C17H20ClN3O/c1-19-16(20-11-15-6-3-9-22-15)21-12-17(7-8-17)13-4-2-5-14(18)10-13/h2-6,9-10H,7-8,11-12H2,1H3,(H2,19,20,21). The predicted molar refractivity (Wildman–Crippen MR) is 89.3 cm³/mol. The molecule has 0 spiro atoms. The highest BCUT2D eigenvalue weighted by atomic mass is 35.5. The molecule has 1 aromatic heterocycles. The lowest BCUT2D eigenvalue weighted by atomic mass is 9.96. The van der Waals surface area contributed by atoms with Crippen molar-refractivity contribution in [3.8, 4) is 0 Å². The van der Waals surface area contributed by atoms with Crippen molar-refractivity contribution in [1.29, 1.82) is 0 Å². The van der Waals surface area contributed by atoms with Gasteiger partial charge in [-0.2, -0.15) is 0 Å². The summed E-state index contributed by atoms with van der Waals surface area (Å²) >= 11 is 6.11. The third kappa shape index (κ3) is 3.45. The molecule has 0 saturated heterocycles. The van der Waals surface area contributed by atoms with Gasteiger partial charge in [0.2, 0.25) is 0 Å². The van der Waals surface area contributed by atoms with Gasteiger partial charge in [0, 0.05) is 24.0 Å². The smallest absolute Gasteiger partial charge is 0.191 e. The van der Waals surface area contributed by atoms with Gasteiger partial charge in [0.15, 0.2) is 5.96 Å². The fourth-order valence-corrected chi connectivity index (χ4v) is 2.78. The van der Waals surface area contributed by atoms with Crippen LogP contribution in [0.1, 0.15) is 24.2 Å². The molecular formula is C17H20ClN3O. The number of aliphatic imine (C=N–C) groups is 1. The maximum atomic E-state index is 6.11. The highest BCUT2D eigenvalue weighted by Crippen LogP contribution is 2.48. The number of benzene rings is 1. The first-order valence-electron chi connectivity index (χ1n) is 7.45. The second-order valence-corrected chi connectivity index (χ2v) is 6.09. The van der Waals surface area contributed by atoms with Gasteiger partial charge in [-0.15, -0.1) is 0 Å². The molecule has 1 fully saturated rings. The molecule has 2 aromatic rings. The fraction of sp³-hybridized carbons (Fsp3) is 0.353. The van der Waals surface area contributed by atoms with Crippen LogP contribution in [0.25, 0.3) is 0 Å². The van der Waals surface area contributed by atoms with Crippen molar-refractivity contribution in [1.82, 2.24) is 10.6 Å². The van der Waals surface area contributed by atoms with Gasteiger partial charge in [-0.1, -0.05) is 23.7 Å². The number of hydrogen-bond donors (Lipinski definition) is 2. The van der Waals surface area contributed by atoms with Gasteiger partial charge in [0.05, 0.1) is 12.8 Å². The fourth-order valence-electron chi connectivity index (χ4n) is 2.59. The third-order valence-corrected chi connectivity index (χ3v) is 4.35. The first-order chi connectivity index (χ1) is 10.7. The van der Waals surface area contributed by atoms with Crippen molar-refractivity contribution in [3.05, 3.63) is 59.0 Å². The minimum atomic E-state index is 0.188. The molecule has 1 heterocycles. The van der Waals surface area contributed by atoms with Crippen molar-refractivity contribution >= 4 is 17.6 Å². The number of hydrogen-bond acceptors (Lipinski definition) is 2. The number of furan rings is 1. The Balaban J connectivity index is 1.56. The second-order valence-electron chi connectivity index (χ2n) is 5.65. The van der Waals surface area contributed by atoms with E-state index in [1.54, 1.807) is 13.3 Å². The molecular weight excluding hydrogens is 298 g/mol. The summed E-state index contributed by atoms with van der Waals surface area (Å²) in [5.74, 6) is 1.67. The van der Waals surface area contributed by atoms with E-state index in [0.717, 1.165) is 23.3 Å². The van der Waals surface area contributed by atoms with Crippen LogP contribution in [0.4, 0.5) is 0 Å². The molecule has 1 aliphatic rings. The van der Waals surface area contributed by atoms with Crippen LogP contribution in [0.5, 0.6) is 0 Å². The molecule has 0 radical (unpaired) electrons. The third-order valence-electron chi connectivity index (χ3n) is 4.12. The van der Waals surface area contributed by atoms with Crippen LogP contribution in [0, 0.1) is 0 Å². The van der Waals surface area contributed by atoms with Crippen LogP contribution < -0.4 is 10.6 Å². The maximum absolute atomic E-state index is 6.11. The van der Waals surface area contributed by atoms with Crippen molar-refractivity contribution < 1.29 is 4.42 Å². The van der Waals surface area contributed by atoms with Crippen molar-refractivity contribution in [2.45, 2.75) is 24.8 Å². The lowest BCUT2D eigenvalue weighted by molar-refractivity contribution is 0.501. The minimum absolute atomic E-state index is 0.188. The van der Waals surface area contributed by atoms with E-state index >= 15 is 0 Å². The maximum Gasteiger partial charge on any atom is 0.191 e. The molecule has 0 atom stereocenters. The van der Waals surface area contributed by atoms with E-state index in [2.05, 4.69) is 27.8 Å². The Morgan fingerprint density at radius 3 is 2.77 bits per heavy atom. The molecule has 0 amide bonds. The van der Waals surface area contributed by atoms with Gasteiger partial charge in [0.1, 0.15) is 5.76 Å². The monoisotopic (exact) mass is 317 g/mol. The number of guanidine groups is 1. The van der Waals surface area contributed by atoms with Crippen LogP contribution >= 0.6 is 11.6 Å². The minimum Gasteiger partial charge on any atom is -0.467 e. The molecule has 116 valence electrons. The summed E-state index contributed by atoms with van der Waals surface area (Å²) in [6.45, 7) is 1.47. The van der Waals surface area contributed by atoms with Gasteiger partial charge in [0.25, 0.3) is 0 Å². The summed E-state index contributed by atoms with van der Waals surface area (Å²) in [6, 6.07) is 12.0. The summed E-state index contributed by atoms with van der Waals surface area (Å²) in [6.07, 6.45) is 4.02. The van der Waals surface area contributed by atoms with E-state index in [4.69, 9.17) is 16.0 Å². The molecule has 5 heteroatoms. The summed E-state index contributed by atoms with van der Waals surface area (Å²) in [4.78, 5) is 4.26. The molecule has 4 nitrogen and oxygen atoms in total. The Morgan fingerprint density at radius 2 is 2.14 bits per heavy atom. The van der Waals surface area contributed by atoms with Gasteiger partial charge in [-0.05, 0) is 42.7 Å². The van der Waals surface area contributed by atoms with Gasteiger partial charge >= 0.3 is 0 Å². The second kappa shape index (κ2) is 6.44. The van der Waals surface area contributed by atoms with Crippen molar-refractivity contribution in [2.75, 3.05) is 13.6 Å². The Kier molecular flexibility index (Phi) is 4.39. The molecule has 1 aromatic carbocycles. The predicted octanol–water partition coefficient (Wildman–Crippen LogP) is 3.33. The van der Waals surface area contributed by atoms with Crippen molar-refractivity contribution in [2.24, 2.45) is 4.99 Å². The van der Waals surface area contributed by atoms with E-state index in [0.29, 0.717) is 6.54 Å².